The van der Waals surface area contributed by atoms with Crippen LogP contribution >= 0.6 is 0 Å². The zero-order valence-electron chi connectivity index (χ0n) is 17.9. The molecule has 33 heavy (non-hydrogen) atoms. The van der Waals surface area contributed by atoms with Crippen molar-refractivity contribution in [3.05, 3.63) is 77.2 Å². The van der Waals surface area contributed by atoms with E-state index in [0.717, 1.165) is 28.3 Å². The number of halogens is 3. The van der Waals surface area contributed by atoms with Gasteiger partial charge in [-0.05, 0) is 42.2 Å². The number of aromatic nitrogens is 4. The topological polar surface area (TPSA) is 87.6 Å². The van der Waals surface area contributed by atoms with Crippen LogP contribution in [0.5, 0.6) is 0 Å². The van der Waals surface area contributed by atoms with Gasteiger partial charge in [-0.25, -0.2) is 9.67 Å². The second-order valence-electron chi connectivity index (χ2n) is 7.90. The number of pyridine rings is 1. The third kappa shape index (κ3) is 4.17. The van der Waals surface area contributed by atoms with Crippen LogP contribution in [-0.4, -0.2) is 31.3 Å². The van der Waals surface area contributed by atoms with Crippen LogP contribution in [0.25, 0.3) is 22.0 Å². The fourth-order valence-electron chi connectivity index (χ4n) is 3.76. The number of benzene rings is 2. The number of alkyl halides is 3. The number of hydrogen-bond donors (Lipinski definition) is 1. The Morgan fingerprint density at radius 3 is 2.58 bits per heavy atom. The van der Waals surface area contributed by atoms with Gasteiger partial charge in [0.1, 0.15) is 17.5 Å². The summed E-state index contributed by atoms with van der Waals surface area (Å²) in [6.07, 6.45) is -4.35. The normalized spacial score (nSPS) is 13.6. The highest BCUT2D eigenvalue weighted by atomic mass is 19.4. The first kappa shape index (κ1) is 22.4. The average molecular weight is 451 g/mol. The largest absolute Gasteiger partial charge is 0.423 e. The third-order valence-electron chi connectivity index (χ3n) is 5.61. The maximum Gasteiger partial charge on any atom is 0.423 e. The molecular formula is C24H20F3N5O. The number of aliphatic hydroxyl groups is 1. The van der Waals surface area contributed by atoms with E-state index in [-0.39, 0.29) is 12.2 Å². The van der Waals surface area contributed by atoms with Gasteiger partial charge in [0.05, 0.1) is 18.3 Å². The molecule has 0 bridgehead atoms. The molecule has 2 aromatic heterocycles. The monoisotopic (exact) mass is 451 g/mol. The number of rotatable bonds is 5. The van der Waals surface area contributed by atoms with Crippen molar-refractivity contribution in [2.24, 2.45) is 0 Å². The number of hydrogen-bond acceptors (Lipinski definition) is 5. The Hall–Kier alpha value is -3.77. The molecular weight excluding hydrogens is 431 g/mol. The first-order valence-corrected chi connectivity index (χ1v) is 10.2. The second kappa shape index (κ2) is 8.30. The molecule has 4 aromatic rings. The summed E-state index contributed by atoms with van der Waals surface area (Å²) in [6.45, 7) is 3.35. The highest BCUT2D eigenvalue weighted by Crippen LogP contribution is 2.40. The zero-order chi connectivity index (χ0) is 23.8. The summed E-state index contributed by atoms with van der Waals surface area (Å²) in [5, 5.41) is 27.7. The van der Waals surface area contributed by atoms with Crippen molar-refractivity contribution >= 4 is 10.9 Å². The number of nitrogens with zero attached hydrogens (tertiary/aromatic N) is 5. The molecule has 0 fully saturated rings. The molecule has 1 N–H and O–H groups in total. The minimum absolute atomic E-state index is 0.124. The lowest BCUT2D eigenvalue weighted by Crippen LogP contribution is -2.42. The van der Waals surface area contributed by atoms with Crippen molar-refractivity contribution in [3.63, 3.8) is 0 Å². The van der Waals surface area contributed by atoms with Gasteiger partial charge in [-0.2, -0.15) is 18.4 Å². The van der Waals surface area contributed by atoms with Gasteiger partial charge < -0.3 is 5.11 Å². The Morgan fingerprint density at radius 2 is 1.91 bits per heavy atom. The summed E-state index contributed by atoms with van der Waals surface area (Å²) in [4.78, 5) is 4.40. The van der Waals surface area contributed by atoms with Crippen LogP contribution in [0.15, 0.2) is 54.7 Å². The van der Waals surface area contributed by atoms with Gasteiger partial charge in [0.25, 0.3) is 0 Å². The molecule has 0 saturated carbocycles. The number of aryl methyl sites for hydroxylation is 1. The van der Waals surface area contributed by atoms with E-state index in [9.17, 15) is 23.5 Å². The molecule has 168 valence electrons. The lowest BCUT2D eigenvalue weighted by atomic mass is 9.96. The molecule has 9 heteroatoms. The second-order valence-corrected chi connectivity index (χ2v) is 7.90. The van der Waals surface area contributed by atoms with Gasteiger partial charge in [0.15, 0.2) is 0 Å². The molecule has 4 rings (SSSR count). The van der Waals surface area contributed by atoms with E-state index in [0.29, 0.717) is 11.1 Å². The minimum atomic E-state index is -4.87. The zero-order valence-corrected chi connectivity index (χ0v) is 17.9. The Balaban J connectivity index is 1.71. The van der Waals surface area contributed by atoms with Crippen LogP contribution < -0.4 is 0 Å². The molecule has 0 spiro atoms. The number of fused-ring (bicyclic) bond motifs is 1. The predicted octanol–water partition coefficient (Wildman–Crippen LogP) is 4.88. The number of nitriles is 1. The summed E-state index contributed by atoms with van der Waals surface area (Å²) < 4.78 is 41.2. The maximum atomic E-state index is 13.3. The van der Waals surface area contributed by atoms with Crippen molar-refractivity contribution < 1.29 is 18.3 Å². The molecule has 2 aromatic carbocycles. The van der Waals surface area contributed by atoms with Crippen LogP contribution in [0.1, 0.15) is 35.9 Å². The molecule has 0 amide bonds. The van der Waals surface area contributed by atoms with Crippen LogP contribution in [0.3, 0.4) is 0 Å². The summed E-state index contributed by atoms with van der Waals surface area (Å²) in [7, 11) is 0. The van der Waals surface area contributed by atoms with Crippen LogP contribution in [0.4, 0.5) is 13.2 Å². The van der Waals surface area contributed by atoms with Crippen molar-refractivity contribution in [1.82, 2.24) is 20.0 Å². The van der Waals surface area contributed by atoms with E-state index in [2.05, 4.69) is 21.4 Å². The van der Waals surface area contributed by atoms with Crippen molar-refractivity contribution in [3.8, 4) is 17.2 Å². The SMILES string of the molecule is CC[C@](O)(c1cn(Cc2ccc3c(-c4cccc(C)c4)cc(C#N)nc3c2)nn1)C(F)(F)F. The quantitative estimate of drug-likeness (QED) is 0.467. The van der Waals surface area contributed by atoms with E-state index in [1.807, 2.05) is 43.3 Å². The molecule has 0 radical (unpaired) electrons. The first-order chi connectivity index (χ1) is 15.6. The van der Waals surface area contributed by atoms with Gasteiger partial charge in [-0.1, -0.05) is 54.1 Å². The van der Waals surface area contributed by atoms with Crippen LogP contribution in [-0.2, 0) is 12.1 Å². The minimum Gasteiger partial charge on any atom is -0.375 e. The lowest BCUT2D eigenvalue weighted by molar-refractivity contribution is -0.269. The summed E-state index contributed by atoms with van der Waals surface area (Å²) >= 11 is 0. The molecule has 0 aliphatic heterocycles. The highest BCUT2D eigenvalue weighted by molar-refractivity contribution is 5.95. The van der Waals surface area contributed by atoms with Gasteiger partial charge in [-0.15, -0.1) is 5.10 Å². The average Bonchev–Trinajstić information content (AvgIpc) is 3.25. The first-order valence-electron chi connectivity index (χ1n) is 10.2. The van der Waals surface area contributed by atoms with Crippen molar-refractivity contribution in [2.45, 2.75) is 38.6 Å². The smallest absolute Gasteiger partial charge is 0.375 e. The summed E-state index contributed by atoms with van der Waals surface area (Å²) in [5.41, 5.74) is 0.863. The van der Waals surface area contributed by atoms with Crippen molar-refractivity contribution in [2.75, 3.05) is 0 Å². The molecule has 0 aliphatic carbocycles. The fraction of sp³-hybridized carbons (Fsp3) is 0.250. The third-order valence-corrected chi connectivity index (χ3v) is 5.61. The Kier molecular flexibility index (Phi) is 5.64. The summed E-state index contributed by atoms with van der Waals surface area (Å²) in [5.74, 6) is 0. The Labute approximate surface area is 187 Å². The molecule has 6 nitrogen and oxygen atoms in total. The maximum absolute atomic E-state index is 13.3. The van der Waals surface area contributed by atoms with E-state index in [1.54, 1.807) is 12.1 Å². The van der Waals surface area contributed by atoms with E-state index < -0.39 is 23.9 Å². The molecule has 0 saturated heterocycles. The highest BCUT2D eigenvalue weighted by Gasteiger charge is 2.55. The Bertz CT molecular complexity index is 1370. The molecule has 2 heterocycles. The van der Waals surface area contributed by atoms with Crippen molar-refractivity contribution in [1.29, 1.82) is 5.26 Å². The molecule has 0 unspecified atom stereocenters. The van der Waals surface area contributed by atoms with Crippen LogP contribution in [0, 0.1) is 18.3 Å². The standard InChI is InChI=1S/C24H20F3N5O/c1-3-23(33,24(25,26)27)22-14-32(31-30-22)13-16-7-8-19-20(17-6-4-5-15(2)9-17)11-18(12-28)29-21(19)10-16/h4-11,14,33H,3,13H2,1-2H3/t23-/m0/s1. The summed E-state index contributed by atoms with van der Waals surface area (Å²) in [6, 6.07) is 17.2. The van der Waals surface area contributed by atoms with Crippen LogP contribution in [0.2, 0.25) is 0 Å². The van der Waals surface area contributed by atoms with E-state index in [1.165, 1.54) is 11.6 Å². The van der Waals surface area contributed by atoms with E-state index in [4.69, 9.17) is 0 Å². The predicted molar refractivity (Wildman–Crippen MR) is 116 cm³/mol. The molecule has 0 aliphatic rings. The van der Waals surface area contributed by atoms with Gasteiger partial charge in [0.2, 0.25) is 5.60 Å². The van der Waals surface area contributed by atoms with Gasteiger partial charge >= 0.3 is 6.18 Å². The van der Waals surface area contributed by atoms with Gasteiger partial charge in [-0.3, -0.25) is 0 Å². The molecule has 1 atom stereocenters. The Morgan fingerprint density at radius 1 is 1.12 bits per heavy atom. The van der Waals surface area contributed by atoms with E-state index >= 15 is 0 Å². The lowest BCUT2D eigenvalue weighted by Gasteiger charge is -2.26. The fourth-order valence-corrected chi connectivity index (χ4v) is 3.76. The van der Waals surface area contributed by atoms with Gasteiger partial charge in [0, 0.05) is 5.39 Å².